The molecule has 1 heterocycles. The van der Waals surface area contributed by atoms with Gasteiger partial charge >= 0.3 is 0 Å². The minimum Gasteiger partial charge on any atom is -0.391 e. The van der Waals surface area contributed by atoms with Crippen molar-refractivity contribution in [2.24, 2.45) is 0 Å². The van der Waals surface area contributed by atoms with E-state index in [4.69, 9.17) is 11.6 Å². The fourth-order valence-corrected chi connectivity index (χ4v) is 2.63. The Bertz CT molecular complexity index is 397. The van der Waals surface area contributed by atoms with E-state index in [0.717, 1.165) is 44.0 Å². The van der Waals surface area contributed by atoms with E-state index in [0.29, 0.717) is 0 Å². The highest BCUT2D eigenvalue weighted by atomic mass is 35.5. The predicted molar refractivity (Wildman–Crippen MR) is 76.3 cm³/mol. The molecule has 1 fully saturated rings. The molecule has 2 N–H and O–H groups in total. The van der Waals surface area contributed by atoms with Crippen molar-refractivity contribution in [2.45, 2.75) is 32.4 Å². The smallest absolute Gasteiger partial charge is 0.0715 e. The van der Waals surface area contributed by atoms with Gasteiger partial charge in [-0.3, -0.25) is 0 Å². The number of piperidine rings is 1. The largest absolute Gasteiger partial charge is 0.391 e. The number of nitrogens with zero attached hydrogens (tertiary/aromatic N) is 1. The quantitative estimate of drug-likeness (QED) is 0.880. The highest BCUT2D eigenvalue weighted by molar-refractivity contribution is 6.30. The van der Waals surface area contributed by atoms with Crippen LogP contribution in [0.1, 0.15) is 25.3 Å². The van der Waals surface area contributed by atoms with Gasteiger partial charge in [-0.1, -0.05) is 18.5 Å². The summed E-state index contributed by atoms with van der Waals surface area (Å²) in [6.45, 7) is 5.58. The minimum absolute atomic E-state index is 0.207. The Morgan fingerprint density at radius 2 is 2.33 bits per heavy atom. The zero-order valence-corrected chi connectivity index (χ0v) is 11.6. The van der Waals surface area contributed by atoms with Gasteiger partial charge in [-0.2, -0.15) is 0 Å². The van der Waals surface area contributed by atoms with E-state index in [9.17, 15) is 5.11 Å². The van der Waals surface area contributed by atoms with Crippen molar-refractivity contribution in [2.75, 3.05) is 24.5 Å². The zero-order valence-electron chi connectivity index (χ0n) is 10.8. The van der Waals surface area contributed by atoms with Crippen LogP contribution in [0.2, 0.25) is 5.02 Å². The number of hydrogen-bond acceptors (Lipinski definition) is 3. The van der Waals surface area contributed by atoms with Crippen LogP contribution in [-0.2, 0) is 6.54 Å². The molecule has 0 aromatic heterocycles. The maximum Gasteiger partial charge on any atom is 0.0715 e. The zero-order chi connectivity index (χ0) is 13.0. The normalized spacial score (nSPS) is 20.2. The second kappa shape index (κ2) is 6.41. The van der Waals surface area contributed by atoms with Gasteiger partial charge in [0.25, 0.3) is 0 Å². The average molecular weight is 269 g/mol. The van der Waals surface area contributed by atoms with Gasteiger partial charge in [-0.25, -0.2) is 0 Å². The van der Waals surface area contributed by atoms with Crippen LogP contribution in [0.4, 0.5) is 5.69 Å². The predicted octanol–water partition coefficient (Wildman–Crippen LogP) is 2.41. The molecular formula is C14H21ClN2O. The van der Waals surface area contributed by atoms with Crippen molar-refractivity contribution < 1.29 is 5.11 Å². The summed E-state index contributed by atoms with van der Waals surface area (Å²) in [5, 5.41) is 13.9. The number of anilines is 1. The maximum atomic E-state index is 9.78. The minimum atomic E-state index is -0.207. The molecule has 1 unspecified atom stereocenters. The van der Waals surface area contributed by atoms with Gasteiger partial charge in [-0.15, -0.1) is 0 Å². The van der Waals surface area contributed by atoms with Crippen LogP contribution in [0.3, 0.4) is 0 Å². The van der Waals surface area contributed by atoms with Crippen LogP contribution in [0.25, 0.3) is 0 Å². The van der Waals surface area contributed by atoms with Crippen LogP contribution in [0.15, 0.2) is 18.2 Å². The van der Waals surface area contributed by atoms with Crippen LogP contribution < -0.4 is 10.2 Å². The van der Waals surface area contributed by atoms with Gasteiger partial charge in [0, 0.05) is 30.3 Å². The monoisotopic (exact) mass is 268 g/mol. The lowest BCUT2D eigenvalue weighted by atomic mass is 10.1. The van der Waals surface area contributed by atoms with Crippen molar-refractivity contribution in [1.29, 1.82) is 0 Å². The Kier molecular flexibility index (Phi) is 4.87. The second-order valence-electron chi connectivity index (χ2n) is 4.80. The Balaban J connectivity index is 2.19. The van der Waals surface area contributed by atoms with Gasteiger partial charge in [0.05, 0.1) is 6.10 Å². The molecule has 2 rings (SSSR count). The van der Waals surface area contributed by atoms with Crippen LogP contribution >= 0.6 is 11.6 Å². The topological polar surface area (TPSA) is 35.5 Å². The molecule has 0 spiro atoms. The first-order valence-electron chi connectivity index (χ1n) is 6.63. The third-order valence-electron chi connectivity index (χ3n) is 3.34. The molecule has 1 saturated heterocycles. The number of hydrogen-bond donors (Lipinski definition) is 2. The molecule has 4 heteroatoms. The molecule has 100 valence electrons. The first-order chi connectivity index (χ1) is 8.70. The first kappa shape index (κ1) is 13.7. The van der Waals surface area contributed by atoms with Crippen molar-refractivity contribution >= 4 is 17.3 Å². The number of rotatable bonds is 4. The lowest BCUT2D eigenvalue weighted by Crippen LogP contribution is -2.39. The number of aliphatic hydroxyl groups excluding tert-OH is 1. The van der Waals surface area contributed by atoms with E-state index in [1.165, 1.54) is 11.3 Å². The van der Waals surface area contributed by atoms with E-state index < -0.39 is 0 Å². The molecule has 0 radical (unpaired) electrons. The molecule has 0 aliphatic carbocycles. The second-order valence-corrected chi connectivity index (χ2v) is 5.23. The van der Waals surface area contributed by atoms with E-state index in [-0.39, 0.29) is 6.10 Å². The van der Waals surface area contributed by atoms with E-state index in [1.54, 1.807) is 0 Å². The van der Waals surface area contributed by atoms with E-state index in [2.05, 4.69) is 23.2 Å². The van der Waals surface area contributed by atoms with E-state index >= 15 is 0 Å². The number of aliphatic hydroxyl groups is 1. The van der Waals surface area contributed by atoms with Crippen LogP contribution in [-0.4, -0.2) is 30.8 Å². The Labute approximate surface area is 114 Å². The molecule has 3 nitrogen and oxygen atoms in total. The molecule has 1 aromatic rings. The Morgan fingerprint density at radius 1 is 1.50 bits per heavy atom. The Morgan fingerprint density at radius 3 is 3.06 bits per heavy atom. The van der Waals surface area contributed by atoms with E-state index in [1.807, 2.05) is 12.1 Å². The highest BCUT2D eigenvalue weighted by Gasteiger charge is 2.19. The number of nitrogens with one attached hydrogen (secondary N) is 1. The molecule has 1 aliphatic rings. The lowest BCUT2D eigenvalue weighted by molar-refractivity contribution is 0.154. The summed E-state index contributed by atoms with van der Waals surface area (Å²) in [5.74, 6) is 0. The first-order valence-corrected chi connectivity index (χ1v) is 7.00. The molecule has 1 atom stereocenters. The summed E-state index contributed by atoms with van der Waals surface area (Å²) in [4.78, 5) is 2.26. The molecule has 1 aliphatic heterocycles. The molecule has 0 amide bonds. The van der Waals surface area contributed by atoms with Gasteiger partial charge < -0.3 is 15.3 Å². The third kappa shape index (κ3) is 3.37. The van der Waals surface area contributed by atoms with Gasteiger partial charge in [0.2, 0.25) is 0 Å². The number of benzene rings is 1. The number of β-amino-alcohol motifs (C(OH)–C–C–N with tert-alkyl or cyclic N) is 1. The summed E-state index contributed by atoms with van der Waals surface area (Å²) in [7, 11) is 0. The fraction of sp³-hybridized carbons (Fsp3) is 0.571. The summed E-state index contributed by atoms with van der Waals surface area (Å²) in [6, 6.07) is 6.00. The third-order valence-corrected chi connectivity index (χ3v) is 3.58. The molecule has 1 aromatic carbocycles. The molecular weight excluding hydrogens is 248 g/mol. The summed E-state index contributed by atoms with van der Waals surface area (Å²) >= 11 is 6.07. The van der Waals surface area contributed by atoms with Gasteiger partial charge in [-0.05, 0) is 43.1 Å². The van der Waals surface area contributed by atoms with Crippen molar-refractivity contribution in [3.8, 4) is 0 Å². The van der Waals surface area contributed by atoms with Gasteiger partial charge in [0.15, 0.2) is 0 Å². The summed E-state index contributed by atoms with van der Waals surface area (Å²) in [6.07, 6.45) is 1.75. The van der Waals surface area contributed by atoms with Crippen molar-refractivity contribution in [3.63, 3.8) is 0 Å². The van der Waals surface area contributed by atoms with Crippen LogP contribution in [0, 0.1) is 0 Å². The highest BCUT2D eigenvalue weighted by Crippen LogP contribution is 2.27. The van der Waals surface area contributed by atoms with Crippen molar-refractivity contribution in [3.05, 3.63) is 28.8 Å². The Hall–Kier alpha value is -0.770. The molecule has 0 saturated carbocycles. The molecule has 0 bridgehead atoms. The summed E-state index contributed by atoms with van der Waals surface area (Å²) < 4.78 is 0. The lowest BCUT2D eigenvalue weighted by Gasteiger charge is -2.33. The SMILES string of the molecule is CCNCc1cc(Cl)ccc1N1CCCC(O)C1. The molecule has 18 heavy (non-hydrogen) atoms. The summed E-state index contributed by atoms with van der Waals surface area (Å²) in [5.41, 5.74) is 2.40. The maximum absolute atomic E-state index is 9.78. The van der Waals surface area contributed by atoms with Crippen molar-refractivity contribution in [1.82, 2.24) is 5.32 Å². The average Bonchev–Trinajstić information content (AvgIpc) is 2.36. The van der Waals surface area contributed by atoms with Gasteiger partial charge in [0.1, 0.15) is 0 Å². The van der Waals surface area contributed by atoms with Crippen LogP contribution in [0.5, 0.6) is 0 Å². The standard InChI is InChI=1S/C14H21ClN2O/c1-2-16-9-11-8-12(15)5-6-14(11)17-7-3-4-13(18)10-17/h5-6,8,13,16,18H,2-4,7,9-10H2,1H3. The fourth-order valence-electron chi connectivity index (χ4n) is 2.44. The number of halogens is 1.